The normalized spacial score (nSPS) is 49.6. The van der Waals surface area contributed by atoms with Crippen molar-refractivity contribution in [1.29, 1.82) is 0 Å². The van der Waals surface area contributed by atoms with Crippen LogP contribution in [0.25, 0.3) is 0 Å². The third-order valence-electron chi connectivity index (χ3n) is 9.74. The number of fused-ring (bicyclic) bond motifs is 9. The third-order valence-corrected chi connectivity index (χ3v) is 9.74. The lowest BCUT2D eigenvalue weighted by atomic mass is 9.44. The van der Waals surface area contributed by atoms with Crippen molar-refractivity contribution in [2.75, 3.05) is 0 Å². The van der Waals surface area contributed by atoms with Crippen molar-refractivity contribution in [1.82, 2.24) is 9.97 Å². The molecule has 0 unspecified atom stereocenters. The van der Waals surface area contributed by atoms with E-state index in [4.69, 9.17) is 19.4 Å². The summed E-state index contributed by atoms with van der Waals surface area (Å²) in [6.45, 7) is 13.7. The molecule has 5 aliphatic rings. The number of hydrogen-bond acceptors (Lipinski definition) is 4. The SMILES string of the molecule is C=C1CC[C@H]2[C@@H]3[C@H]4OC(C)(C)O[C@@H]4[C@H]4Cc5nccnc5C[C@]4(C)[C@H]3CC[C@]12C. The standard InChI is InChI=1S/C25H34N2O2/c1-14-6-7-15-20-16(8-9-24(14,15)4)25(5)13-19-18(26-10-11-27-19)12-17(25)21-22(20)29-23(2,3)28-21/h10-11,15-17,20-22H,1,6-9,12-13H2,2-5H3/t15-,16-,17+,20-,21+,22+,24+,25+/m0/s1. The molecular weight excluding hydrogens is 360 g/mol. The van der Waals surface area contributed by atoms with Gasteiger partial charge in [0, 0.05) is 12.4 Å². The quantitative estimate of drug-likeness (QED) is 0.597. The second-order valence-electron chi connectivity index (χ2n) is 11.4. The van der Waals surface area contributed by atoms with Gasteiger partial charge in [0.15, 0.2) is 5.79 Å². The van der Waals surface area contributed by atoms with Crippen molar-refractivity contribution in [2.45, 2.75) is 84.2 Å². The molecule has 8 atom stereocenters. The Kier molecular flexibility index (Phi) is 3.64. The van der Waals surface area contributed by atoms with Crippen LogP contribution in [0.4, 0.5) is 0 Å². The molecule has 4 nitrogen and oxygen atoms in total. The zero-order valence-electron chi connectivity index (χ0n) is 18.3. The summed E-state index contributed by atoms with van der Waals surface area (Å²) in [7, 11) is 0. The highest BCUT2D eigenvalue weighted by molar-refractivity contribution is 5.28. The summed E-state index contributed by atoms with van der Waals surface area (Å²) in [5.41, 5.74) is 4.34. The number of allylic oxidation sites excluding steroid dienone is 1. The predicted molar refractivity (Wildman–Crippen MR) is 111 cm³/mol. The van der Waals surface area contributed by atoms with Crippen molar-refractivity contribution in [3.63, 3.8) is 0 Å². The molecule has 4 aliphatic carbocycles. The summed E-state index contributed by atoms with van der Waals surface area (Å²) < 4.78 is 13.4. The smallest absolute Gasteiger partial charge is 0.163 e. The van der Waals surface area contributed by atoms with Crippen molar-refractivity contribution in [2.24, 2.45) is 34.5 Å². The topological polar surface area (TPSA) is 44.2 Å². The molecule has 29 heavy (non-hydrogen) atoms. The Morgan fingerprint density at radius 1 is 0.931 bits per heavy atom. The number of nitrogens with zero attached hydrogens (tertiary/aromatic N) is 2. The van der Waals surface area contributed by atoms with Crippen LogP contribution in [-0.2, 0) is 22.3 Å². The zero-order valence-corrected chi connectivity index (χ0v) is 18.3. The van der Waals surface area contributed by atoms with Crippen LogP contribution in [-0.4, -0.2) is 28.0 Å². The molecular formula is C25H34N2O2. The van der Waals surface area contributed by atoms with Crippen LogP contribution < -0.4 is 0 Å². The molecule has 0 N–H and O–H groups in total. The number of ether oxygens (including phenoxy) is 2. The lowest BCUT2D eigenvalue weighted by Gasteiger charge is -2.62. The van der Waals surface area contributed by atoms with Crippen molar-refractivity contribution < 1.29 is 9.47 Å². The largest absolute Gasteiger partial charge is 0.344 e. The molecule has 0 spiro atoms. The van der Waals surface area contributed by atoms with E-state index < -0.39 is 5.79 Å². The number of aromatic nitrogens is 2. The first-order valence-corrected chi connectivity index (χ1v) is 11.6. The Bertz CT molecular complexity index is 881. The summed E-state index contributed by atoms with van der Waals surface area (Å²) in [5, 5.41) is 0. The molecule has 0 amide bonds. The summed E-state index contributed by atoms with van der Waals surface area (Å²) in [4.78, 5) is 9.45. The second-order valence-corrected chi connectivity index (χ2v) is 11.4. The van der Waals surface area contributed by atoms with Gasteiger partial charge in [0.05, 0.1) is 23.6 Å². The summed E-state index contributed by atoms with van der Waals surface area (Å²) in [5.74, 6) is 1.83. The fraction of sp³-hybridized carbons (Fsp3) is 0.760. The molecule has 0 aromatic carbocycles. The zero-order chi connectivity index (χ0) is 20.2. The van der Waals surface area contributed by atoms with Gasteiger partial charge in [0.2, 0.25) is 0 Å². The maximum Gasteiger partial charge on any atom is 0.163 e. The van der Waals surface area contributed by atoms with Crippen LogP contribution in [0.2, 0.25) is 0 Å². The summed E-state index contributed by atoms with van der Waals surface area (Å²) in [6.07, 6.45) is 11.0. The fourth-order valence-corrected chi connectivity index (χ4v) is 8.30. The van der Waals surface area contributed by atoms with Crippen LogP contribution in [0.15, 0.2) is 24.5 Å². The molecule has 6 rings (SSSR count). The Morgan fingerprint density at radius 3 is 2.45 bits per heavy atom. The third kappa shape index (κ3) is 2.33. The van der Waals surface area contributed by atoms with Gasteiger partial charge in [-0.15, -0.1) is 0 Å². The highest BCUT2D eigenvalue weighted by Crippen LogP contribution is 2.68. The van der Waals surface area contributed by atoms with E-state index in [1.165, 1.54) is 42.6 Å². The highest BCUT2D eigenvalue weighted by Gasteiger charge is 2.67. The van der Waals surface area contributed by atoms with Gasteiger partial charge in [-0.2, -0.15) is 0 Å². The Balaban J connectivity index is 1.49. The van der Waals surface area contributed by atoms with Gasteiger partial charge in [-0.3, -0.25) is 9.97 Å². The Hall–Kier alpha value is -1.26. The van der Waals surface area contributed by atoms with Crippen molar-refractivity contribution in [3.8, 4) is 0 Å². The van der Waals surface area contributed by atoms with Gasteiger partial charge in [-0.05, 0) is 86.9 Å². The van der Waals surface area contributed by atoms with Crippen LogP contribution >= 0.6 is 0 Å². The van der Waals surface area contributed by atoms with Crippen LogP contribution in [0.5, 0.6) is 0 Å². The molecule has 4 heteroatoms. The maximum atomic E-state index is 6.70. The van der Waals surface area contributed by atoms with Crippen molar-refractivity contribution in [3.05, 3.63) is 35.9 Å². The minimum absolute atomic E-state index is 0.155. The van der Waals surface area contributed by atoms with Crippen LogP contribution in [0.1, 0.15) is 64.8 Å². The van der Waals surface area contributed by atoms with E-state index in [1.807, 2.05) is 12.4 Å². The molecule has 1 aromatic heterocycles. The van der Waals surface area contributed by atoms with Gasteiger partial charge in [0.1, 0.15) is 0 Å². The Morgan fingerprint density at radius 2 is 1.66 bits per heavy atom. The van der Waals surface area contributed by atoms with Gasteiger partial charge in [-0.1, -0.05) is 26.0 Å². The second kappa shape index (κ2) is 5.70. The Labute approximate surface area is 174 Å². The molecule has 0 radical (unpaired) electrons. The molecule has 3 saturated carbocycles. The first-order chi connectivity index (χ1) is 13.7. The van der Waals surface area contributed by atoms with Crippen LogP contribution in [0.3, 0.4) is 0 Å². The minimum Gasteiger partial charge on any atom is -0.344 e. The molecule has 156 valence electrons. The van der Waals surface area contributed by atoms with E-state index in [-0.39, 0.29) is 23.0 Å². The monoisotopic (exact) mass is 394 g/mol. The molecule has 1 aromatic rings. The average Bonchev–Trinajstić information content (AvgIpc) is 3.16. The lowest BCUT2D eigenvalue weighted by Crippen LogP contribution is -2.63. The molecule has 2 heterocycles. The van der Waals surface area contributed by atoms with E-state index in [9.17, 15) is 0 Å². The van der Waals surface area contributed by atoms with E-state index in [2.05, 4.69) is 34.3 Å². The molecule has 1 aliphatic heterocycles. The van der Waals surface area contributed by atoms with E-state index in [0.29, 0.717) is 23.7 Å². The molecule has 4 fully saturated rings. The minimum atomic E-state index is -0.503. The number of rotatable bonds is 0. The van der Waals surface area contributed by atoms with E-state index >= 15 is 0 Å². The first-order valence-electron chi connectivity index (χ1n) is 11.6. The average molecular weight is 395 g/mol. The summed E-state index contributed by atoms with van der Waals surface area (Å²) >= 11 is 0. The fourth-order valence-electron chi connectivity index (χ4n) is 8.30. The first kappa shape index (κ1) is 18.5. The lowest BCUT2D eigenvalue weighted by molar-refractivity contribution is -0.164. The maximum absolute atomic E-state index is 6.70. The molecule has 0 bridgehead atoms. The molecule has 1 saturated heterocycles. The van der Waals surface area contributed by atoms with E-state index in [0.717, 1.165) is 12.8 Å². The predicted octanol–water partition coefficient (Wildman–Crippen LogP) is 4.73. The van der Waals surface area contributed by atoms with Crippen molar-refractivity contribution >= 4 is 0 Å². The number of hydrogen-bond donors (Lipinski definition) is 0. The summed E-state index contributed by atoms with van der Waals surface area (Å²) in [6, 6.07) is 0. The van der Waals surface area contributed by atoms with Crippen LogP contribution in [0, 0.1) is 34.5 Å². The van der Waals surface area contributed by atoms with Gasteiger partial charge < -0.3 is 9.47 Å². The van der Waals surface area contributed by atoms with Gasteiger partial charge in [-0.25, -0.2) is 0 Å². The highest BCUT2D eigenvalue weighted by atomic mass is 16.8. The van der Waals surface area contributed by atoms with Gasteiger partial charge >= 0.3 is 0 Å². The van der Waals surface area contributed by atoms with E-state index in [1.54, 1.807) is 0 Å². The van der Waals surface area contributed by atoms with Gasteiger partial charge in [0.25, 0.3) is 0 Å².